The Bertz CT molecular complexity index is 375. The molecule has 0 aromatic carbocycles. The van der Waals surface area contributed by atoms with E-state index in [1.807, 2.05) is 0 Å². The van der Waals surface area contributed by atoms with Crippen LogP contribution in [0.15, 0.2) is 0 Å². The van der Waals surface area contributed by atoms with Crippen LogP contribution < -0.4 is 10.6 Å². The summed E-state index contributed by atoms with van der Waals surface area (Å²) in [4.78, 5) is 14.0. The minimum absolute atomic E-state index is 0.0447. The molecule has 1 rings (SSSR count). The van der Waals surface area contributed by atoms with E-state index >= 15 is 0 Å². The number of amides is 2. The Morgan fingerprint density at radius 2 is 2.00 bits per heavy atom. The predicted octanol–water partition coefficient (Wildman–Crippen LogP) is 2.38. The van der Waals surface area contributed by atoms with Crippen molar-refractivity contribution in [2.45, 2.75) is 45.3 Å². The Morgan fingerprint density at radius 3 is 2.61 bits per heavy atom. The number of carbonyl (C=O) groups excluding carboxylic acids is 1. The number of hydrogen-bond donors (Lipinski definition) is 2. The number of halogens is 3. The monoisotopic (exact) mass is 339 g/mol. The van der Waals surface area contributed by atoms with E-state index in [4.69, 9.17) is 0 Å². The van der Waals surface area contributed by atoms with Gasteiger partial charge in [-0.1, -0.05) is 6.92 Å². The van der Waals surface area contributed by atoms with Gasteiger partial charge < -0.3 is 15.4 Å². The maximum Gasteiger partial charge on any atom is 0.411 e. The summed E-state index contributed by atoms with van der Waals surface area (Å²) < 4.78 is 40.0. The zero-order chi connectivity index (χ0) is 17.5. The zero-order valence-corrected chi connectivity index (χ0v) is 14.1. The molecule has 0 radical (unpaired) electrons. The topological polar surface area (TPSA) is 53.6 Å². The lowest BCUT2D eigenvalue weighted by molar-refractivity contribution is -0.173. The van der Waals surface area contributed by atoms with Crippen molar-refractivity contribution in [3.8, 4) is 0 Å². The van der Waals surface area contributed by atoms with Gasteiger partial charge in [-0.25, -0.2) is 4.79 Å². The minimum Gasteiger partial charge on any atom is -0.370 e. The lowest BCUT2D eigenvalue weighted by atomic mass is 9.93. The van der Waals surface area contributed by atoms with Crippen LogP contribution in [0.1, 0.15) is 33.6 Å². The molecule has 2 amide bonds. The fraction of sp³-hybridized carbons (Fsp3) is 0.933. The van der Waals surface area contributed by atoms with Crippen molar-refractivity contribution in [2.24, 2.45) is 5.92 Å². The van der Waals surface area contributed by atoms with Gasteiger partial charge in [0.25, 0.3) is 0 Å². The van der Waals surface area contributed by atoms with Gasteiger partial charge in [-0.05, 0) is 39.2 Å². The molecule has 0 aromatic heterocycles. The first-order valence-electron chi connectivity index (χ1n) is 8.01. The van der Waals surface area contributed by atoms with Crippen LogP contribution >= 0.6 is 0 Å². The van der Waals surface area contributed by atoms with Crippen molar-refractivity contribution in [3.63, 3.8) is 0 Å². The second-order valence-electron chi connectivity index (χ2n) is 6.78. The van der Waals surface area contributed by atoms with Gasteiger partial charge in [0, 0.05) is 25.2 Å². The summed E-state index contributed by atoms with van der Waals surface area (Å²) >= 11 is 0. The predicted molar refractivity (Wildman–Crippen MR) is 82.3 cm³/mol. The molecule has 0 aliphatic carbocycles. The van der Waals surface area contributed by atoms with Crippen molar-refractivity contribution in [2.75, 3.05) is 39.4 Å². The van der Waals surface area contributed by atoms with E-state index in [1.165, 1.54) is 6.42 Å². The fourth-order valence-corrected chi connectivity index (χ4v) is 2.63. The van der Waals surface area contributed by atoms with Crippen LogP contribution in [0.25, 0.3) is 0 Å². The molecule has 136 valence electrons. The van der Waals surface area contributed by atoms with Crippen molar-refractivity contribution >= 4 is 6.03 Å². The second kappa shape index (κ2) is 8.73. The Labute approximate surface area is 135 Å². The quantitative estimate of drug-likeness (QED) is 0.700. The standard InChI is InChI=1S/C15H28F3N3O2/c1-12-5-4-7-21(9-12)14(2,3)10-20-13(22)19-6-8-23-11-15(16,17)18/h12H,4-11H2,1-3H3,(H2,19,20,22). The third-order valence-electron chi connectivity index (χ3n) is 3.99. The molecule has 0 bridgehead atoms. The molecule has 1 aliphatic heterocycles. The van der Waals surface area contributed by atoms with Crippen LogP contribution in [0.5, 0.6) is 0 Å². The molecular formula is C15H28F3N3O2. The first kappa shape index (κ1) is 20.0. The highest BCUT2D eigenvalue weighted by Crippen LogP contribution is 2.23. The summed E-state index contributed by atoms with van der Waals surface area (Å²) in [5, 5.41) is 5.27. The molecule has 1 atom stereocenters. The molecule has 1 aliphatic rings. The summed E-state index contributed by atoms with van der Waals surface area (Å²) in [5.74, 6) is 0.655. The van der Waals surface area contributed by atoms with Crippen molar-refractivity contribution in [1.82, 2.24) is 15.5 Å². The highest BCUT2D eigenvalue weighted by Gasteiger charge is 2.30. The van der Waals surface area contributed by atoms with Crippen LogP contribution in [0.4, 0.5) is 18.0 Å². The van der Waals surface area contributed by atoms with Crippen LogP contribution in [0.2, 0.25) is 0 Å². The molecule has 1 unspecified atom stereocenters. The average molecular weight is 339 g/mol. The van der Waals surface area contributed by atoms with Gasteiger partial charge in [0.1, 0.15) is 6.61 Å². The summed E-state index contributed by atoms with van der Waals surface area (Å²) in [5.41, 5.74) is -0.154. The third kappa shape index (κ3) is 8.41. The minimum atomic E-state index is -4.34. The van der Waals surface area contributed by atoms with E-state index in [-0.39, 0.29) is 18.7 Å². The van der Waals surface area contributed by atoms with Gasteiger partial charge in [0.05, 0.1) is 6.61 Å². The Morgan fingerprint density at radius 1 is 1.30 bits per heavy atom. The number of urea groups is 1. The summed E-state index contributed by atoms with van der Waals surface area (Å²) in [6, 6.07) is -0.390. The number of ether oxygens (including phenoxy) is 1. The number of hydrogen-bond acceptors (Lipinski definition) is 3. The molecule has 1 saturated heterocycles. The Balaban J connectivity index is 2.19. The molecular weight excluding hydrogens is 311 g/mol. The second-order valence-corrected chi connectivity index (χ2v) is 6.78. The average Bonchev–Trinajstić information content (AvgIpc) is 2.44. The number of piperidine rings is 1. The van der Waals surface area contributed by atoms with Crippen LogP contribution in [0.3, 0.4) is 0 Å². The Hall–Kier alpha value is -1.02. The molecule has 1 heterocycles. The molecule has 0 aromatic rings. The van der Waals surface area contributed by atoms with Crippen molar-refractivity contribution in [3.05, 3.63) is 0 Å². The number of rotatable bonds is 7. The number of alkyl halides is 3. The molecule has 8 heteroatoms. The largest absolute Gasteiger partial charge is 0.411 e. The van der Waals surface area contributed by atoms with E-state index in [0.29, 0.717) is 12.5 Å². The number of carbonyl (C=O) groups is 1. The molecule has 0 saturated carbocycles. The number of nitrogens with one attached hydrogen (secondary N) is 2. The van der Waals surface area contributed by atoms with E-state index in [9.17, 15) is 18.0 Å². The van der Waals surface area contributed by atoms with Gasteiger partial charge in [-0.3, -0.25) is 4.90 Å². The molecule has 5 nitrogen and oxygen atoms in total. The maximum atomic E-state index is 11.9. The van der Waals surface area contributed by atoms with E-state index < -0.39 is 18.8 Å². The van der Waals surface area contributed by atoms with Crippen LogP contribution in [-0.2, 0) is 4.74 Å². The number of likely N-dealkylation sites (tertiary alicyclic amines) is 1. The van der Waals surface area contributed by atoms with E-state index in [0.717, 1.165) is 19.5 Å². The SMILES string of the molecule is CC1CCCN(C(C)(C)CNC(=O)NCCOCC(F)(F)F)C1. The zero-order valence-electron chi connectivity index (χ0n) is 14.1. The van der Waals surface area contributed by atoms with Gasteiger partial charge in [0.15, 0.2) is 0 Å². The third-order valence-corrected chi connectivity index (χ3v) is 3.99. The van der Waals surface area contributed by atoms with Gasteiger partial charge in [-0.2, -0.15) is 13.2 Å². The number of nitrogens with zero attached hydrogens (tertiary/aromatic N) is 1. The van der Waals surface area contributed by atoms with E-state index in [2.05, 4.69) is 41.0 Å². The van der Waals surface area contributed by atoms with Crippen LogP contribution in [-0.4, -0.2) is 62.0 Å². The highest BCUT2D eigenvalue weighted by molar-refractivity contribution is 5.73. The molecule has 23 heavy (non-hydrogen) atoms. The lowest BCUT2D eigenvalue weighted by Crippen LogP contribution is -2.55. The summed E-state index contributed by atoms with van der Waals surface area (Å²) in [6.45, 7) is 7.49. The smallest absolute Gasteiger partial charge is 0.370 e. The van der Waals surface area contributed by atoms with E-state index in [1.54, 1.807) is 0 Å². The van der Waals surface area contributed by atoms with Crippen molar-refractivity contribution < 1.29 is 22.7 Å². The first-order valence-corrected chi connectivity index (χ1v) is 8.01. The van der Waals surface area contributed by atoms with Crippen LogP contribution in [0, 0.1) is 5.92 Å². The van der Waals surface area contributed by atoms with Gasteiger partial charge in [-0.15, -0.1) is 0 Å². The Kier molecular flexibility index (Phi) is 7.60. The van der Waals surface area contributed by atoms with Crippen molar-refractivity contribution in [1.29, 1.82) is 0 Å². The normalized spacial score (nSPS) is 20.3. The molecule has 0 spiro atoms. The van der Waals surface area contributed by atoms with Gasteiger partial charge in [0.2, 0.25) is 0 Å². The highest BCUT2D eigenvalue weighted by atomic mass is 19.4. The lowest BCUT2D eigenvalue weighted by Gasteiger charge is -2.43. The molecule has 2 N–H and O–H groups in total. The molecule has 1 fully saturated rings. The summed E-state index contributed by atoms with van der Waals surface area (Å²) in [7, 11) is 0. The summed E-state index contributed by atoms with van der Waals surface area (Å²) in [6.07, 6.45) is -1.94. The maximum absolute atomic E-state index is 11.9. The van der Waals surface area contributed by atoms with Gasteiger partial charge >= 0.3 is 12.2 Å². The fourth-order valence-electron chi connectivity index (χ4n) is 2.63. The first-order chi connectivity index (χ1) is 10.6.